The van der Waals surface area contributed by atoms with E-state index in [9.17, 15) is 9.90 Å². The Morgan fingerprint density at radius 2 is 2.05 bits per heavy atom. The molecule has 1 atom stereocenters. The van der Waals surface area contributed by atoms with Crippen molar-refractivity contribution in [1.29, 1.82) is 0 Å². The number of aryl methyl sites for hydroxylation is 1. The first-order valence-electron chi connectivity index (χ1n) is 6.43. The molecule has 3 N–H and O–H groups in total. The molecule has 0 aliphatic heterocycles. The number of nitrogens with two attached hydrogens (primary N) is 1. The van der Waals surface area contributed by atoms with Gasteiger partial charge in [-0.2, -0.15) is 0 Å². The predicted octanol–water partition coefficient (Wildman–Crippen LogP) is 2.75. The van der Waals surface area contributed by atoms with Crippen molar-refractivity contribution in [1.82, 2.24) is 0 Å². The summed E-state index contributed by atoms with van der Waals surface area (Å²) in [6.07, 6.45) is -1.38. The molecule has 2 aromatic carbocycles. The minimum absolute atomic E-state index is 0.186. The lowest BCUT2D eigenvalue weighted by Gasteiger charge is -2.15. The van der Waals surface area contributed by atoms with Gasteiger partial charge in [-0.15, -0.1) is 0 Å². The molecule has 1 unspecified atom stereocenters. The fourth-order valence-electron chi connectivity index (χ4n) is 1.99. The summed E-state index contributed by atoms with van der Waals surface area (Å²) in [7, 11) is 0. The van der Waals surface area contributed by atoms with Gasteiger partial charge in [0.2, 0.25) is 0 Å². The normalized spacial score (nSPS) is 12.0. The lowest BCUT2D eigenvalue weighted by Crippen LogP contribution is -2.22. The minimum atomic E-state index is -1.38. The zero-order valence-corrected chi connectivity index (χ0v) is 12.3. The molecule has 2 aromatic rings. The fraction of sp³-hybridized carbons (Fsp3) is 0.188. The van der Waals surface area contributed by atoms with E-state index in [0.717, 1.165) is 11.3 Å². The second-order valence-electron chi connectivity index (χ2n) is 4.70. The maximum Gasteiger partial charge on any atom is 0.250 e. The largest absolute Gasteiger partial charge is 0.489 e. The lowest BCUT2D eigenvalue weighted by molar-refractivity contribution is -0.126. The van der Waals surface area contributed by atoms with Gasteiger partial charge in [0.1, 0.15) is 12.4 Å². The van der Waals surface area contributed by atoms with Crippen molar-refractivity contribution < 1.29 is 14.6 Å². The number of hydrogen-bond acceptors (Lipinski definition) is 3. The molecule has 0 saturated carbocycles. The molecule has 0 bridgehead atoms. The predicted molar refractivity (Wildman–Crippen MR) is 81.1 cm³/mol. The van der Waals surface area contributed by atoms with Crippen LogP contribution in [0.15, 0.2) is 42.5 Å². The minimum Gasteiger partial charge on any atom is -0.489 e. The van der Waals surface area contributed by atoms with Crippen LogP contribution < -0.4 is 10.5 Å². The van der Waals surface area contributed by atoms with Gasteiger partial charge in [0, 0.05) is 5.02 Å². The number of primary amides is 1. The molecule has 5 heteroatoms. The number of aliphatic hydroxyl groups is 1. The second-order valence-corrected chi connectivity index (χ2v) is 5.14. The quantitative estimate of drug-likeness (QED) is 0.892. The summed E-state index contributed by atoms with van der Waals surface area (Å²) in [6, 6.07) is 12.4. The highest BCUT2D eigenvalue weighted by Gasteiger charge is 2.18. The molecule has 0 saturated heterocycles. The van der Waals surface area contributed by atoms with Crippen LogP contribution in [0.5, 0.6) is 5.75 Å². The van der Waals surface area contributed by atoms with E-state index in [1.807, 2.05) is 31.2 Å². The number of para-hydroxylation sites is 1. The first-order chi connectivity index (χ1) is 9.99. The van der Waals surface area contributed by atoms with Crippen LogP contribution in [0.4, 0.5) is 0 Å². The third-order valence-electron chi connectivity index (χ3n) is 3.15. The number of rotatable bonds is 5. The zero-order valence-electron chi connectivity index (χ0n) is 11.5. The Bertz CT molecular complexity index is 658. The molecule has 0 aliphatic carbocycles. The summed E-state index contributed by atoms with van der Waals surface area (Å²) in [5.74, 6) is -0.0774. The molecule has 2 rings (SSSR count). The van der Waals surface area contributed by atoms with Crippen LogP contribution in [0.2, 0.25) is 5.02 Å². The van der Waals surface area contributed by atoms with E-state index in [-0.39, 0.29) is 6.61 Å². The van der Waals surface area contributed by atoms with Crippen molar-refractivity contribution in [2.45, 2.75) is 19.6 Å². The standard InChI is InChI=1S/C16H16ClNO3/c1-10-4-2-3-5-14(10)21-9-11-8-12(17)6-7-13(11)15(19)16(18)20/h2-8,15,19H,9H2,1H3,(H2,18,20). The highest BCUT2D eigenvalue weighted by Crippen LogP contribution is 2.25. The number of carbonyl (C=O) groups is 1. The number of carbonyl (C=O) groups excluding carboxylic acids is 1. The van der Waals surface area contributed by atoms with Gasteiger partial charge < -0.3 is 15.6 Å². The van der Waals surface area contributed by atoms with Gasteiger partial charge in [-0.05, 0) is 41.8 Å². The van der Waals surface area contributed by atoms with E-state index >= 15 is 0 Å². The summed E-state index contributed by atoms with van der Waals surface area (Å²) in [6.45, 7) is 2.12. The number of amides is 1. The number of halogens is 1. The monoisotopic (exact) mass is 305 g/mol. The lowest BCUT2D eigenvalue weighted by atomic mass is 10.0. The molecule has 0 aliphatic rings. The smallest absolute Gasteiger partial charge is 0.250 e. The molecule has 110 valence electrons. The van der Waals surface area contributed by atoms with Crippen molar-refractivity contribution in [3.05, 3.63) is 64.2 Å². The van der Waals surface area contributed by atoms with Crippen LogP contribution in [-0.2, 0) is 11.4 Å². The van der Waals surface area contributed by atoms with E-state index in [2.05, 4.69) is 0 Å². The third-order valence-corrected chi connectivity index (χ3v) is 3.38. The second kappa shape index (κ2) is 6.61. The van der Waals surface area contributed by atoms with Crippen LogP contribution in [0.1, 0.15) is 22.8 Å². The van der Waals surface area contributed by atoms with Crippen molar-refractivity contribution in [3.8, 4) is 5.75 Å². The maximum absolute atomic E-state index is 11.2. The Balaban J connectivity index is 2.25. The SMILES string of the molecule is Cc1ccccc1OCc1cc(Cl)ccc1C(O)C(N)=O. The molecule has 0 spiro atoms. The molecule has 0 radical (unpaired) electrons. The van der Waals surface area contributed by atoms with Crippen molar-refractivity contribution in [2.75, 3.05) is 0 Å². The molecule has 0 fully saturated rings. The van der Waals surface area contributed by atoms with E-state index < -0.39 is 12.0 Å². The fourth-order valence-corrected chi connectivity index (χ4v) is 2.19. The third kappa shape index (κ3) is 3.74. The van der Waals surface area contributed by atoms with Gasteiger partial charge in [-0.1, -0.05) is 35.9 Å². The number of benzene rings is 2. The van der Waals surface area contributed by atoms with Crippen LogP contribution in [0.3, 0.4) is 0 Å². The Kier molecular flexibility index (Phi) is 4.83. The molecule has 4 nitrogen and oxygen atoms in total. The Labute approximate surface area is 128 Å². The van der Waals surface area contributed by atoms with Gasteiger partial charge in [-0.25, -0.2) is 0 Å². The first kappa shape index (κ1) is 15.4. The summed E-state index contributed by atoms with van der Waals surface area (Å²) in [5, 5.41) is 10.3. The highest BCUT2D eigenvalue weighted by molar-refractivity contribution is 6.30. The summed E-state index contributed by atoms with van der Waals surface area (Å²) in [4.78, 5) is 11.2. The summed E-state index contributed by atoms with van der Waals surface area (Å²) >= 11 is 5.96. The van der Waals surface area contributed by atoms with Gasteiger partial charge in [0.25, 0.3) is 5.91 Å². The molecular weight excluding hydrogens is 290 g/mol. The first-order valence-corrected chi connectivity index (χ1v) is 6.81. The molecule has 21 heavy (non-hydrogen) atoms. The molecule has 0 aromatic heterocycles. The van der Waals surface area contributed by atoms with Crippen LogP contribution in [-0.4, -0.2) is 11.0 Å². The zero-order chi connectivity index (χ0) is 15.4. The van der Waals surface area contributed by atoms with Crippen LogP contribution >= 0.6 is 11.6 Å². The number of hydrogen-bond donors (Lipinski definition) is 2. The van der Waals surface area contributed by atoms with E-state index in [1.54, 1.807) is 18.2 Å². The molecule has 0 heterocycles. The number of ether oxygens (including phenoxy) is 1. The Morgan fingerprint density at radius 1 is 1.33 bits per heavy atom. The van der Waals surface area contributed by atoms with Gasteiger partial charge in [0.05, 0.1) is 0 Å². The topological polar surface area (TPSA) is 72.6 Å². The van der Waals surface area contributed by atoms with Gasteiger partial charge in [-0.3, -0.25) is 4.79 Å². The van der Waals surface area contributed by atoms with Crippen LogP contribution in [0.25, 0.3) is 0 Å². The highest BCUT2D eigenvalue weighted by atomic mass is 35.5. The summed E-state index contributed by atoms with van der Waals surface area (Å²) < 4.78 is 5.73. The van der Waals surface area contributed by atoms with Crippen molar-refractivity contribution in [3.63, 3.8) is 0 Å². The molecular formula is C16H16ClNO3. The maximum atomic E-state index is 11.2. The molecule has 1 amide bonds. The van der Waals surface area contributed by atoms with E-state index in [1.165, 1.54) is 0 Å². The average molecular weight is 306 g/mol. The van der Waals surface area contributed by atoms with Crippen molar-refractivity contribution >= 4 is 17.5 Å². The van der Waals surface area contributed by atoms with Crippen LogP contribution in [0, 0.1) is 6.92 Å². The van der Waals surface area contributed by atoms with Crippen molar-refractivity contribution in [2.24, 2.45) is 5.73 Å². The Morgan fingerprint density at radius 3 is 2.71 bits per heavy atom. The average Bonchev–Trinajstić information content (AvgIpc) is 2.46. The van der Waals surface area contributed by atoms with Gasteiger partial charge >= 0.3 is 0 Å². The van der Waals surface area contributed by atoms with Gasteiger partial charge in [0.15, 0.2) is 6.10 Å². The summed E-state index contributed by atoms with van der Waals surface area (Å²) in [5.41, 5.74) is 7.17. The van der Waals surface area contributed by atoms with E-state index in [4.69, 9.17) is 22.1 Å². The Hall–Kier alpha value is -2.04. The number of aliphatic hydroxyl groups excluding tert-OH is 1. The van der Waals surface area contributed by atoms with E-state index in [0.29, 0.717) is 16.1 Å².